The summed E-state index contributed by atoms with van der Waals surface area (Å²) in [4.78, 5) is 23.9. The van der Waals surface area contributed by atoms with E-state index in [0.29, 0.717) is 10.4 Å². The molecule has 0 saturated heterocycles. The van der Waals surface area contributed by atoms with Crippen molar-refractivity contribution in [3.8, 4) is 0 Å². The van der Waals surface area contributed by atoms with E-state index in [1.165, 1.54) is 18.2 Å². The van der Waals surface area contributed by atoms with Gasteiger partial charge in [-0.05, 0) is 23.4 Å². The highest BCUT2D eigenvalue weighted by atomic mass is 32.2. The van der Waals surface area contributed by atoms with Crippen molar-refractivity contribution in [2.24, 2.45) is 5.73 Å². The van der Waals surface area contributed by atoms with Gasteiger partial charge in [-0.15, -0.1) is 5.10 Å². The molecular formula is C16H15N5O6S. The molecule has 11 nitrogen and oxygen atoms in total. The standard InChI is InChI=1S/C16H15N5O6S/c17-16(23)15(10-4-2-1-3-5-10)27-14(22)9-18-28(25,26)11-6-7-13-12(8-11)19-20-21(13)24/h1-8,15,18,24H,9H2,(H2,17,23)/t15-/m1/s1. The van der Waals surface area contributed by atoms with Gasteiger partial charge in [0.25, 0.3) is 5.91 Å². The van der Waals surface area contributed by atoms with Crippen molar-refractivity contribution in [3.05, 3.63) is 54.1 Å². The highest BCUT2D eigenvalue weighted by Gasteiger charge is 2.24. The van der Waals surface area contributed by atoms with E-state index < -0.39 is 34.5 Å². The molecule has 0 aliphatic carbocycles. The van der Waals surface area contributed by atoms with Gasteiger partial charge in [-0.1, -0.05) is 35.2 Å². The van der Waals surface area contributed by atoms with Gasteiger partial charge in [-0.25, -0.2) is 8.42 Å². The number of esters is 1. The lowest BCUT2D eigenvalue weighted by atomic mass is 10.1. The third kappa shape index (κ3) is 4.07. The molecule has 1 aromatic heterocycles. The summed E-state index contributed by atoms with van der Waals surface area (Å²) >= 11 is 0. The van der Waals surface area contributed by atoms with Crippen molar-refractivity contribution < 1.29 is 28.0 Å². The first-order chi connectivity index (χ1) is 13.3. The van der Waals surface area contributed by atoms with Crippen LogP contribution in [0.25, 0.3) is 11.0 Å². The lowest BCUT2D eigenvalue weighted by Crippen LogP contribution is -2.34. The van der Waals surface area contributed by atoms with Gasteiger partial charge in [0.1, 0.15) is 17.6 Å². The molecule has 0 aliphatic heterocycles. The molecule has 12 heteroatoms. The minimum atomic E-state index is -4.08. The summed E-state index contributed by atoms with van der Waals surface area (Å²) in [5.41, 5.74) is 5.98. The number of sulfonamides is 1. The van der Waals surface area contributed by atoms with Gasteiger partial charge >= 0.3 is 5.97 Å². The van der Waals surface area contributed by atoms with Crippen molar-refractivity contribution in [3.63, 3.8) is 0 Å². The molecule has 0 saturated carbocycles. The number of aromatic nitrogens is 3. The van der Waals surface area contributed by atoms with Gasteiger partial charge in [0.15, 0.2) is 0 Å². The Morgan fingerprint density at radius 1 is 1.21 bits per heavy atom. The molecule has 1 amide bonds. The molecule has 0 bridgehead atoms. The highest BCUT2D eigenvalue weighted by molar-refractivity contribution is 7.89. The van der Waals surface area contributed by atoms with Gasteiger partial charge in [0.2, 0.25) is 16.1 Å². The molecule has 146 valence electrons. The quantitative estimate of drug-likeness (QED) is 0.356. The molecule has 2 aromatic carbocycles. The number of rotatable bonds is 7. The monoisotopic (exact) mass is 405 g/mol. The number of nitrogens with two attached hydrogens (primary N) is 1. The van der Waals surface area contributed by atoms with Crippen LogP contribution in [0.5, 0.6) is 0 Å². The number of primary amides is 1. The number of carbonyl (C=O) groups is 2. The maximum atomic E-state index is 12.3. The Kier molecular flexibility index (Phi) is 5.24. The zero-order valence-electron chi connectivity index (χ0n) is 14.2. The zero-order chi connectivity index (χ0) is 20.3. The van der Waals surface area contributed by atoms with Crippen LogP contribution in [-0.4, -0.2) is 47.2 Å². The topological polar surface area (TPSA) is 166 Å². The van der Waals surface area contributed by atoms with E-state index in [2.05, 4.69) is 15.0 Å². The Morgan fingerprint density at radius 3 is 2.61 bits per heavy atom. The Hall–Kier alpha value is -3.51. The summed E-state index contributed by atoms with van der Waals surface area (Å²) in [6.45, 7) is -0.719. The fourth-order valence-electron chi connectivity index (χ4n) is 2.39. The number of benzene rings is 2. The van der Waals surface area contributed by atoms with Gasteiger partial charge < -0.3 is 15.7 Å². The number of hydrogen-bond acceptors (Lipinski definition) is 8. The molecule has 28 heavy (non-hydrogen) atoms. The summed E-state index contributed by atoms with van der Waals surface area (Å²) in [5, 5.41) is 16.4. The molecule has 4 N–H and O–H groups in total. The maximum absolute atomic E-state index is 12.3. The van der Waals surface area contributed by atoms with Crippen LogP contribution in [0.1, 0.15) is 11.7 Å². The predicted octanol–water partition coefficient (Wildman–Crippen LogP) is -0.283. The van der Waals surface area contributed by atoms with E-state index in [9.17, 15) is 23.2 Å². The van der Waals surface area contributed by atoms with Crippen molar-refractivity contribution in [1.82, 2.24) is 19.9 Å². The largest absolute Gasteiger partial charge is 0.446 e. The highest BCUT2D eigenvalue weighted by Crippen LogP contribution is 2.18. The average molecular weight is 405 g/mol. The van der Waals surface area contributed by atoms with E-state index in [-0.39, 0.29) is 15.9 Å². The summed E-state index contributed by atoms with van der Waals surface area (Å²) in [5.74, 6) is -1.88. The summed E-state index contributed by atoms with van der Waals surface area (Å²) in [6, 6.07) is 11.8. The molecule has 0 unspecified atom stereocenters. The lowest BCUT2D eigenvalue weighted by Gasteiger charge is -2.15. The summed E-state index contributed by atoms with van der Waals surface area (Å²) < 4.78 is 31.8. The van der Waals surface area contributed by atoms with Crippen LogP contribution in [0.3, 0.4) is 0 Å². The fourth-order valence-corrected chi connectivity index (χ4v) is 3.38. The maximum Gasteiger partial charge on any atom is 0.322 e. The second-order valence-electron chi connectivity index (χ2n) is 5.64. The minimum Gasteiger partial charge on any atom is -0.446 e. The van der Waals surface area contributed by atoms with Crippen LogP contribution in [0.15, 0.2) is 53.4 Å². The Labute approximate surface area is 158 Å². The van der Waals surface area contributed by atoms with Crippen LogP contribution in [-0.2, 0) is 24.3 Å². The smallest absolute Gasteiger partial charge is 0.322 e. The van der Waals surface area contributed by atoms with Gasteiger partial charge in [0.05, 0.1) is 4.90 Å². The number of nitrogens with zero attached hydrogens (tertiary/aromatic N) is 3. The normalized spacial score (nSPS) is 12.6. The zero-order valence-corrected chi connectivity index (χ0v) is 15.0. The van der Waals surface area contributed by atoms with Crippen LogP contribution in [0.4, 0.5) is 0 Å². The molecule has 1 atom stereocenters. The molecule has 3 aromatic rings. The van der Waals surface area contributed by atoms with Crippen molar-refractivity contribution in [2.45, 2.75) is 11.0 Å². The third-order valence-electron chi connectivity index (χ3n) is 3.73. The third-order valence-corrected chi connectivity index (χ3v) is 5.13. The number of nitrogens with one attached hydrogen (secondary N) is 1. The summed E-state index contributed by atoms with van der Waals surface area (Å²) in [6.07, 6.45) is -1.34. The van der Waals surface area contributed by atoms with E-state index >= 15 is 0 Å². The van der Waals surface area contributed by atoms with Gasteiger partial charge in [-0.2, -0.15) is 4.72 Å². The van der Waals surface area contributed by atoms with Gasteiger partial charge in [0, 0.05) is 5.56 Å². The van der Waals surface area contributed by atoms with Crippen molar-refractivity contribution >= 4 is 32.9 Å². The first-order valence-electron chi connectivity index (χ1n) is 7.86. The molecular weight excluding hydrogens is 390 g/mol. The second-order valence-corrected chi connectivity index (χ2v) is 7.40. The van der Waals surface area contributed by atoms with Crippen LogP contribution in [0.2, 0.25) is 0 Å². The minimum absolute atomic E-state index is 0.144. The Balaban J connectivity index is 1.69. The summed E-state index contributed by atoms with van der Waals surface area (Å²) in [7, 11) is -4.08. The molecule has 0 fully saturated rings. The Morgan fingerprint density at radius 2 is 1.93 bits per heavy atom. The SMILES string of the molecule is NC(=O)[C@H](OC(=O)CNS(=O)(=O)c1ccc2c(c1)nnn2O)c1ccccc1. The van der Waals surface area contributed by atoms with E-state index in [4.69, 9.17) is 10.5 Å². The second kappa shape index (κ2) is 7.62. The number of fused-ring (bicyclic) bond motifs is 1. The van der Waals surface area contributed by atoms with E-state index in [1.807, 2.05) is 0 Å². The lowest BCUT2D eigenvalue weighted by molar-refractivity contribution is -0.154. The number of carbonyl (C=O) groups excluding carboxylic acids is 2. The van der Waals surface area contributed by atoms with Crippen molar-refractivity contribution in [2.75, 3.05) is 6.54 Å². The average Bonchev–Trinajstić information content (AvgIpc) is 3.05. The number of ether oxygens (including phenoxy) is 1. The first kappa shape index (κ1) is 19.3. The van der Waals surface area contributed by atoms with E-state index in [1.54, 1.807) is 30.3 Å². The molecule has 0 spiro atoms. The van der Waals surface area contributed by atoms with E-state index in [0.717, 1.165) is 0 Å². The first-order valence-corrected chi connectivity index (χ1v) is 9.34. The Bertz CT molecular complexity index is 1130. The fraction of sp³-hybridized carbons (Fsp3) is 0.125. The number of hydrogen-bond donors (Lipinski definition) is 3. The molecule has 0 aliphatic rings. The molecule has 0 radical (unpaired) electrons. The van der Waals surface area contributed by atoms with Crippen LogP contribution < -0.4 is 10.5 Å². The molecule has 3 rings (SSSR count). The van der Waals surface area contributed by atoms with Crippen LogP contribution in [0, 0.1) is 0 Å². The van der Waals surface area contributed by atoms with Crippen LogP contribution >= 0.6 is 0 Å². The number of amides is 1. The predicted molar refractivity (Wildman–Crippen MR) is 94.4 cm³/mol. The molecule has 1 heterocycles. The van der Waals surface area contributed by atoms with Gasteiger partial charge in [-0.3, -0.25) is 9.59 Å². The van der Waals surface area contributed by atoms with Crippen molar-refractivity contribution in [1.29, 1.82) is 0 Å².